The standard InChI is InChI=1S/C14H28N2O.ClH/c1-10(2)12-6-5-11(3)9-13(12)14(17)16-8-4-7-15;/h10-13H,4-9,15H2,1-3H3,(H,16,17);1H/t11-,12+,13-;/m1./s1. The molecule has 0 bridgehead atoms. The fraction of sp³-hybridized carbons (Fsp3) is 0.929. The molecule has 1 rings (SSSR count). The highest BCUT2D eigenvalue weighted by molar-refractivity contribution is 5.85. The summed E-state index contributed by atoms with van der Waals surface area (Å²) in [5.41, 5.74) is 5.44. The van der Waals surface area contributed by atoms with Crippen molar-refractivity contribution in [2.75, 3.05) is 13.1 Å². The summed E-state index contributed by atoms with van der Waals surface area (Å²) in [6.07, 6.45) is 4.40. The number of carbonyl (C=O) groups excluding carboxylic acids is 1. The number of carbonyl (C=O) groups is 1. The Bertz CT molecular complexity index is 246. The molecule has 0 aromatic rings. The second-order valence-electron chi connectivity index (χ2n) is 5.87. The van der Waals surface area contributed by atoms with Gasteiger partial charge in [-0.3, -0.25) is 4.79 Å². The molecular formula is C14H29ClN2O. The molecule has 0 spiro atoms. The smallest absolute Gasteiger partial charge is 0.223 e. The van der Waals surface area contributed by atoms with Gasteiger partial charge in [0.1, 0.15) is 0 Å². The Balaban J connectivity index is 0.00000289. The Morgan fingerprint density at radius 2 is 2.06 bits per heavy atom. The van der Waals surface area contributed by atoms with Crippen molar-refractivity contribution in [1.82, 2.24) is 5.32 Å². The van der Waals surface area contributed by atoms with E-state index >= 15 is 0 Å². The average Bonchev–Trinajstić information content (AvgIpc) is 2.28. The third kappa shape index (κ3) is 5.15. The number of nitrogens with two attached hydrogens (primary N) is 1. The zero-order valence-corrected chi connectivity index (χ0v) is 12.8. The minimum absolute atomic E-state index is 0. The monoisotopic (exact) mass is 276 g/mol. The van der Waals surface area contributed by atoms with E-state index in [1.165, 1.54) is 12.8 Å². The minimum atomic E-state index is 0. The molecule has 108 valence electrons. The van der Waals surface area contributed by atoms with Gasteiger partial charge in [-0.25, -0.2) is 0 Å². The highest BCUT2D eigenvalue weighted by atomic mass is 35.5. The van der Waals surface area contributed by atoms with E-state index in [9.17, 15) is 4.79 Å². The molecule has 1 fully saturated rings. The van der Waals surface area contributed by atoms with Crippen molar-refractivity contribution < 1.29 is 4.79 Å². The summed E-state index contributed by atoms with van der Waals surface area (Å²) in [7, 11) is 0. The predicted molar refractivity (Wildman–Crippen MR) is 78.8 cm³/mol. The van der Waals surface area contributed by atoms with Gasteiger partial charge in [-0.15, -0.1) is 12.4 Å². The predicted octanol–water partition coefficient (Wildman–Crippen LogP) is 2.58. The molecule has 4 heteroatoms. The molecule has 0 radical (unpaired) electrons. The van der Waals surface area contributed by atoms with E-state index in [0.717, 1.165) is 19.4 Å². The van der Waals surface area contributed by atoms with Crippen LogP contribution in [0.1, 0.15) is 46.5 Å². The summed E-state index contributed by atoms with van der Waals surface area (Å²) in [4.78, 5) is 12.2. The Hall–Kier alpha value is -0.280. The molecule has 1 amide bonds. The Morgan fingerprint density at radius 1 is 1.39 bits per heavy atom. The van der Waals surface area contributed by atoms with Crippen LogP contribution in [0.3, 0.4) is 0 Å². The van der Waals surface area contributed by atoms with Crippen LogP contribution in [0.2, 0.25) is 0 Å². The zero-order chi connectivity index (χ0) is 12.8. The van der Waals surface area contributed by atoms with E-state index < -0.39 is 0 Å². The number of rotatable bonds is 5. The SMILES string of the molecule is CC(C)[C@@H]1CC[C@@H](C)C[C@H]1C(=O)NCCCN.Cl. The van der Waals surface area contributed by atoms with E-state index in [-0.39, 0.29) is 24.2 Å². The van der Waals surface area contributed by atoms with Crippen LogP contribution in [0.5, 0.6) is 0 Å². The van der Waals surface area contributed by atoms with E-state index in [1.807, 2.05) is 0 Å². The normalized spacial score (nSPS) is 27.7. The summed E-state index contributed by atoms with van der Waals surface area (Å²) in [5.74, 6) is 2.33. The summed E-state index contributed by atoms with van der Waals surface area (Å²) in [5, 5.41) is 3.04. The third-order valence-corrected chi connectivity index (χ3v) is 4.04. The highest BCUT2D eigenvalue weighted by Crippen LogP contribution is 2.37. The second-order valence-corrected chi connectivity index (χ2v) is 5.87. The summed E-state index contributed by atoms with van der Waals surface area (Å²) in [6, 6.07) is 0. The number of hydrogen-bond donors (Lipinski definition) is 2. The highest BCUT2D eigenvalue weighted by Gasteiger charge is 2.34. The first-order valence-corrected chi connectivity index (χ1v) is 7.04. The molecule has 0 unspecified atom stereocenters. The van der Waals surface area contributed by atoms with Gasteiger partial charge in [0.25, 0.3) is 0 Å². The molecule has 3 nitrogen and oxygen atoms in total. The minimum Gasteiger partial charge on any atom is -0.356 e. The van der Waals surface area contributed by atoms with Gasteiger partial charge in [0.2, 0.25) is 5.91 Å². The zero-order valence-electron chi connectivity index (χ0n) is 11.9. The third-order valence-electron chi connectivity index (χ3n) is 4.04. The van der Waals surface area contributed by atoms with Crippen molar-refractivity contribution in [2.24, 2.45) is 29.4 Å². The molecule has 0 saturated heterocycles. The first kappa shape index (κ1) is 17.7. The van der Waals surface area contributed by atoms with Gasteiger partial charge in [0.05, 0.1) is 0 Å². The Kier molecular flexibility index (Phi) is 8.62. The molecule has 1 aliphatic carbocycles. The van der Waals surface area contributed by atoms with Gasteiger partial charge in [-0.05, 0) is 43.6 Å². The van der Waals surface area contributed by atoms with Crippen molar-refractivity contribution >= 4 is 18.3 Å². The fourth-order valence-corrected chi connectivity index (χ4v) is 2.95. The maximum absolute atomic E-state index is 12.2. The molecular weight excluding hydrogens is 248 g/mol. The van der Waals surface area contributed by atoms with Crippen LogP contribution >= 0.6 is 12.4 Å². The van der Waals surface area contributed by atoms with Crippen molar-refractivity contribution in [3.05, 3.63) is 0 Å². The largest absolute Gasteiger partial charge is 0.356 e. The van der Waals surface area contributed by atoms with Crippen molar-refractivity contribution in [2.45, 2.75) is 46.5 Å². The number of nitrogens with one attached hydrogen (secondary N) is 1. The first-order valence-electron chi connectivity index (χ1n) is 7.04. The van der Waals surface area contributed by atoms with Crippen LogP contribution < -0.4 is 11.1 Å². The molecule has 1 saturated carbocycles. The molecule has 0 heterocycles. The number of amides is 1. The van der Waals surface area contributed by atoms with E-state index in [4.69, 9.17) is 5.73 Å². The van der Waals surface area contributed by atoms with Gasteiger partial charge in [-0.2, -0.15) is 0 Å². The van der Waals surface area contributed by atoms with Crippen molar-refractivity contribution in [1.29, 1.82) is 0 Å². The second kappa shape index (κ2) is 8.76. The molecule has 0 aliphatic heterocycles. The van der Waals surface area contributed by atoms with Crippen LogP contribution in [0.15, 0.2) is 0 Å². The summed E-state index contributed by atoms with van der Waals surface area (Å²) < 4.78 is 0. The lowest BCUT2D eigenvalue weighted by atomic mass is 9.70. The maximum atomic E-state index is 12.2. The Labute approximate surface area is 118 Å². The molecule has 0 aromatic carbocycles. The lowest BCUT2D eigenvalue weighted by Crippen LogP contribution is -2.40. The van der Waals surface area contributed by atoms with Crippen LogP contribution in [0, 0.1) is 23.7 Å². The van der Waals surface area contributed by atoms with Gasteiger partial charge in [-0.1, -0.05) is 27.2 Å². The van der Waals surface area contributed by atoms with Gasteiger partial charge < -0.3 is 11.1 Å². The number of hydrogen-bond acceptors (Lipinski definition) is 2. The van der Waals surface area contributed by atoms with Crippen LogP contribution in [0.4, 0.5) is 0 Å². The summed E-state index contributed by atoms with van der Waals surface area (Å²) >= 11 is 0. The van der Waals surface area contributed by atoms with Crippen molar-refractivity contribution in [3.8, 4) is 0 Å². The molecule has 18 heavy (non-hydrogen) atoms. The molecule has 3 atom stereocenters. The lowest BCUT2D eigenvalue weighted by molar-refractivity contribution is -0.129. The molecule has 3 N–H and O–H groups in total. The maximum Gasteiger partial charge on any atom is 0.223 e. The first-order chi connectivity index (χ1) is 8.06. The van der Waals surface area contributed by atoms with Gasteiger partial charge in [0, 0.05) is 12.5 Å². The summed E-state index contributed by atoms with van der Waals surface area (Å²) in [6.45, 7) is 8.11. The van der Waals surface area contributed by atoms with Gasteiger partial charge in [0.15, 0.2) is 0 Å². The number of halogens is 1. The molecule has 1 aliphatic rings. The van der Waals surface area contributed by atoms with Crippen LogP contribution in [-0.4, -0.2) is 19.0 Å². The fourth-order valence-electron chi connectivity index (χ4n) is 2.95. The van der Waals surface area contributed by atoms with E-state index in [1.54, 1.807) is 0 Å². The van der Waals surface area contributed by atoms with Gasteiger partial charge >= 0.3 is 0 Å². The Morgan fingerprint density at radius 3 is 2.61 bits per heavy atom. The molecule has 0 aromatic heterocycles. The van der Waals surface area contributed by atoms with Crippen molar-refractivity contribution in [3.63, 3.8) is 0 Å². The lowest BCUT2D eigenvalue weighted by Gasteiger charge is -2.36. The quantitative estimate of drug-likeness (QED) is 0.759. The van der Waals surface area contributed by atoms with E-state index in [0.29, 0.717) is 24.3 Å². The topological polar surface area (TPSA) is 55.1 Å². The average molecular weight is 277 g/mol. The van der Waals surface area contributed by atoms with E-state index in [2.05, 4.69) is 26.1 Å². The van der Waals surface area contributed by atoms with Crippen LogP contribution in [0.25, 0.3) is 0 Å². The van der Waals surface area contributed by atoms with Crippen LogP contribution in [-0.2, 0) is 4.79 Å².